The first-order valence-electron chi connectivity index (χ1n) is 14.0. The highest BCUT2D eigenvalue weighted by Crippen LogP contribution is 2.24. The topological polar surface area (TPSA) is 76.7 Å². The van der Waals surface area contributed by atoms with Crippen LogP contribution < -0.4 is 20.1 Å². The fourth-order valence-corrected chi connectivity index (χ4v) is 4.54. The van der Waals surface area contributed by atoms with Gasteiger partial charge in [-0.05, 0) is 72.2 Å². The van der Waals surface area contributed by atoms with Crippen LogP contribution in [-0.4, -0.2) is 31.5 Å². The zero-order valence-corrected chi connectivity index (χ0v) is 23.8. The second-order valence-electron chi connectivity index (χ2n) is 10.1. The lowest BCUT2D eigenvalue weighted by molar-refractivity contribution is -0.123. The Bertz CT molecular complexity index is 1440. The Morgan fingerprint density at radius 2 is 1.15 bits per heavy atom. The van der Waals surface area contributed by atoms with E-state index in [-0.39, 0.29) is 24.8 Å². The number of carbonyl (C=O) groups is 2. The van der Waals surface area contributed by atoms with Gasteiger partial charge in [-0.2, -0.15) is 0 Å². The van der Waals surface area contributed by atoms with E-state index in [1.807, 2.05) is 60.7 Å². The molecule has 2 N–H and O–H groups in total. The van der Waals surface area contributed by atoms with E-state index in [9.17, 15) is 9.59 Å². The fraction of sp³-hybridized carbons (Fsp3) is 0.257. The van der Waals surface area contributed by atoms with Gasteiger partial charge in [-0.3, -0.25) is 9.59 Å². The summed E-state index contributed by atoms with van der Waals surface area (Å²) in [5.41, 5.74) is 6.63. The van der Waals surface area contributed by atoms with E-state index in [0.717, 1.165) is 24.0 Å². The zero-order chi connectivity index (χ0) is 28.9. The third-order valence-electron chi connectivity index (χ3n) is 6.88. The largest absolute Gasteiger partial charge is 0.489 e. The molecule has 2 amide bonds. The molecule has 0 saturated heterocycles. The van der Waals surface area contributed by atoms with Crippen LogP contribution in [0.2, 0.25) is 0 Å². The molecule has 212 valence electrons. The van der Waals surface area contributed by atoms with E-state index < -0.39 is 0 Å². The van der Waals surface area contributed by atoms with Crippen molar-refractivity contribution in [3.05, 3.63) is 130 Å². The molecule has 0 fully saturated rings. The standard InChI is InChI=1S/C35H38N2O4/c1-26-10-6-8-14-30(26)16-18-36-34(38)22-29-20-32(40-24-28-12-4-3-5-13-28)23-33(21-29)41-25-35(39)37-19-17-31-15-9-7-11-27(31)2/h3-15,20-21,23H,16-19,22,24-25H2,1-2H3,(H,36,38)(H,37,39). The van der Waals surface area contributed by atoms with Crippen molar-refractivity contribution in [3.8, 4) is 11.5 Å². The Kier molecular flexibility index (Phi) is 11.0. The third-order valence-corrected chi connectivity index (χ3v) is 6.88. The lowest BCUT2D eigenvalue weighted by atomic mass is 10.1. The van der Waals surface area contributed by atoms with Crippen molar-refractivity contribution in [1.29, 1.82) is 0 Å². The van der Waals surface area contributed by atoms with Crippen LogP contribution in [0.3, 0.4) is 0 Å². The predicted molar refractivity (Wildman–Crippen MR) is 162 cm³/mol. The summed E-state index contributed by atoms with van der Waals surface area (Å²) in [6.07, 6.45) is 1.70. The highest BCUT2D eigenvalue weighted by Gasteiger charge is 2.11. The summed E-state index contributed by atoms with van der Waals surface area (Å²) >= 11 is 0. The minimum absolute atomic E-state index is 0.0845. The van der Waals surface area contributed by atoms with Gasteiger partial charge in [-0.25, -0.2) is 0 Å². The average molecular weight is 551 g/mol. The molecule has 6 heteroatoms. The molecule has 6 nitrogen and oxygen atoms in total. The molecular weight excluding hydrogens is 512 g/mol. The van der Waals surface area contributed by atoms with E-state index in [0.29, 0.717) is 31.2 Å². The smallest absolute Gasteiger partial charge is 0.257 e. The van der Waals surface area contributed by atoms with Crippen LogP contribution in [0.15, 0.2) is 97.1 Å². The number of hydrogen-bond donors (Lipinski definition) is 2. The Labute approximate surface area is 242 Å². The predicted octanol–water partition coefficient (Wildman–Crippen LogP) is 5.52. The highest BCUT2D eigenvalue weighted by atomic mass is 16.5. The van der Waals surface area contributed by atoms with Crippen LogP contribution in [0.1, 0.15) is 33.4 Å². The van der Waals surface area contributed by atoms with Gasteiger partial charge in [0.25, 0.3) is 5.91 Å². The molecule has 4 aromatic carbocycles. The number of carbonyl (C=O) groups excluding carboxylic acids is 2. The SMILES string of the molecule is Cc1ccccc1CCNC(=O)COc1cc(CC(=O)NCCc2ccccc2C)cc(OCc2ccccc2)c1. The summed E-state index contributed by atoms with van der Waals surface area (Å²) in [5.74, 6) is 0.768. The maximum atomic E-state index is 12.8. The molecule has 0 aromatic heterocycles. The van der Waals surface area contributed by atoms with Crippen molar-refractivity contribution >= 4 is 11.8 Å². The Balaban J connectivity index is 1.34. The van der Waals surface area contributed by atoms with Gasteiger partial charge in [0.2, 0.25) is 5.91 Å². The van der Waals surface area contributed by atoms with Crippen LogP contribution in [-0.2, 0) is 35.5 Å². The molecule has 0 saturated carbocycles. The van der Waals surface area contributed by atoms with Crippen molar-refractivity contribution in [3.63, 3.8) is 0 Å². The minimum Gasteiger partial charge on any atom is -0.489 e. The summed E-state index contributed by atoms with van der Waals surface area (Å²) in [6, 6.07) is 31.6. The first-order chi connectivity index (χ1) is 20.0. The summed E-state index contributed by atoms with van der Waals surface area (Å²) in [6.45, 7) is 5.48. The number of benzene rings is 4. The molecule has 41 heavy (non-hydrogen) atoms. The fourth-order valence-electron chi connectivity index (χ4n) is 4.54. The number of aryl methyl sites for hydroxylation is 2. The molecule has 0 unspecified atom stereocenters. The second-order valence-corrected chi connectivity index (χ2v) is 10.1. The number of rotatable bonds is 14. The first-order valence-corrected chi connectivity index (χ1v) is 14.0. The van der Waals surface area contributed by atoms with E-state index in [4.69, 9.17) is 9.47 Å². The Hall–Kier alpha value is -4.58. The Morgan fingerprint density at radius 3 is 1.76 bits per heavy atom. The minimum atomic E-state index is -0.204. The van der Waals surface area contributed by atoms with Crippen LogP contribution >= 0.6 is 0 Å². The van der Waals surface area contributed by atoms with Gasteiger partial charge >= 0.3 is 0 Å². The summed E-state index contributed by atoms with van der Waals surface area (Å²) in [5, 5.41) is 5.93. The molecule has 0 aliphatic carbocycles. The number of ether oxygens (including phenoxy) is 2. The van der Waals surface area contributed by atoms with E-state index >= 15 is 0 Å². The van der Waals surface area contributed by atoms with Crippen LogP contribution in [0, 0.1) is 13.8 Å². The van der Waals surface area contributed by atoms with Gasteiger partial charge in [0.05, 0.1) is 6.42 Å². The normalized spacial score (nSPS) is 10.6. The molecule has 0 bridgehead atoms. The molecule has 0 atom stereocenters. The van der Waals surface area contributed by atoms with Gasteiger partial charge in [0.15, 0.2) is 6.61 Å². The van der Waals surface area contributed by atoms with Gasteiger partial charge in [-0.15, -0.1) is 0 Å². The van der Waals surface area contributed by atoms with Gasteiger partial charge in [0.1, 0.15) is 18.1 Å². The maximum Gasteiger partial charge on any atom is 0.257 e. The molecular formula is C35H38N2O4. The molecule has 4 rings (SSSR count). The molecule has 0 spiro atoms. The highest BCUT2D eigenvalue weighted by molar-refractivity contribution is 5.79. The van der Waals surface area contributed by atoms with Crippen molar-refractivity contribution < 1.29 is 19.1 Å². The molecule has 0 aliphatic rings. The third kappa shape index (κ3) is 9.84. The summed E-state index contributed by atoms with van der Waals surface area (Å²) < 4.78 is 11.9. The van der Waals surface area contributed by atoms with E-state index in [2.05, 4.69) is 48.7 Å². The lowest BCUT2D eigenvalue weighted by Crippen LogP contribution is -2.30. The zero-order valence-electron chi connectivity index (χ0n) is 23.8. The number of nitrogens with one attached hydrogen (secondary N) is 2. The van der Waals surface area contributed by atoms with Crippen molar-refractivity contribution in [2.45, 2.75) is 39.7 Å². The second kappa shape index (κ2) is 15.3. The van der Waals surface area contributed by atoms with Crippen LogP contribution in [0.5, 0.6) is 11.5 Å². The van der Waals surface area contributed by atoms with E-state index in [1.54, 1.807) is 12.1 Å². The lowest BCUT2D eigenvalue weighted by Gasteiger charge is -2.13. The van der Waals surface area contributed by atoms with Crippen molar-refractivity contribution in [2.24, 2.45) is 0 Å². The average Bonchev–Trinajstić information content (AvgIpc) is 2.97. The molecule has 0 heterocycles. The van der Waals surface area contributed by atoms with Crippen molar-refractivity contribution in [2.75, 3.05) is 19.7 Å². The monoisotopic (exact) mass is 550 g/mol. The molecule has 4 aromatic rings. The molecule has 0 radical (unpaired) electrons. The maximum absolute atomic E-state index is 12.8. The van der Waals surface area contributed by atoms with Crippen LogP contribution in [0.4, 0.5) is 0 Å². The first kappa shape index (κ1) is 29.4. The number of hydrogen-bond acceptors (Lipinski definition) is 4. The van der Waals surface area contributed by atoms with Crippen molar-refractivity contribution in [1.82, 2.24) is 10.6 Å². The van der Waals surface area contributed by atoms with Crippen LogP contribution in [0.25, 0.3) is 0 Å². The summed E-state index contributed by atoms with van der Waals surface area (Å²) in [4.78, 5) is 25.2. The van der Waals surface area contributed by atoms with E-state index in [1.165, 1.54) is 22.3 Å². The molecule has 0 aliphatic heterocycles. The van der Waals surface area contributed by atoms with Gasteiger partial charge in [-0.1, -0.05) is 78.9 Å². The quantitative estimate of drug-likeness (QED) is 0.217. The summed E-state index contributed by atoms with van der Waals surface area (Å²) in [7, 11) is 0. The van der Waals surface area contributed by atoms with Gasteiger partial charge < -0.3 is 20.1 Å². The van der Waals surface area contributed by atoms with Gasteiger partial charge in [0, 0.05) is 19.2 Å². The number of amides is 2. The Morgan fingerprint density at radius 1 is 0.610 bits per heavy atom.